The molecule has 0 fully saturated rings. The molecule has 0 saturated heterocycles. The third-order valence-corrected chi connectivity index (χ3v) is 3.72. The Morgan fingerprint density at radius 1 is 1.04 bits per heavy atom. The van der Waals surface area contributed by atoms with Gasteiger partial charge in [0.1, 0.15) is 17.2 Å². The van der Waals surface area contributed by atoms with Crippen LogP contribution in [-0.4, -0.2) is 17.6 Å². The molecule has 0 aliphatic heterocycles. The van der Waals surface area contributed by atoms with E-state index in [0.29, 0.717) is 38.4 Å². The van der Waals surface area contributed by atoms with Crippen LogP contribution in [0.5, 0.6) is 0 Å². The smallest absolute Gasteiger partial charge is 0.146 e. The molecule has 0 amide bonds. The lowest BCUT2D eigenvalue weighted by Crippen LogP contribution is -1.89. The molecule has 1 aromatic carbocycles. The number of furan rings is 1. The highest BCUT2D eigenvalue weighted by atomic mass is 35.5. The molecule has 0 aliphatic rings. The van der Waals surface area contributed by atoms with E-state index in [2.05, 4.69) is 15.4 Å². The van der Waals surface area contributed by atoms with E-state index in [4.69, 9.17) is 32.1 Å². The summed E-state index contributed by atoms with van der Waals surface area (Å²) in [4.78, 5) is 0. The van der Waals surface area contributed by atoms with E-state index >= 15 is 0 Å². The van der Waals surface area contributed by atoms with Crippen LogP contribution in [0.25, 0.3) is 11.3 Å². The van der Waals surface area contributed by atoms with Gasteiger partial charge < -0.3 is 8.94 Å². The van der Waals surface area contributed by atoms with Gasteiger partial charge in [0, 0.05) is 5.56 Å². The molecule has 7 heteroatoms. The summed E-state index contributed by atoms with van der Waals surface area (Å²) in [5.74, 6) is 1.20. The minimum atomic E-state index is 0.486. The molecule has 0 N–H and O–H groups in total. The molecule has 2 aromatic heterocycles. The minimum absolute atomic E-state index is 0.486. The quantitative estimate of drug-likeness (QED) is 0.492. The van der Waals surface area contributed by atoms with Crippen molar-refractivity contribution in [2.75, 3.05) is 0 Å². The van der Waals surface area contributed by atoms with Gasteiger partial charge in [-0.3, -0.25) is 0 Å². The van der Waals surface area contributed by atoms with Crippen molar-refractivity contribution in [3.63, 3.8) is 0 Å². The maximum atomic E-state index is 6.22. The van der Waals surface area contributed by atoms with Crippen molar-refractivity contribution in [3.05, 3.63) is 63.7 Å². The maximum Gasteiger partial charge on any atom is 0.146 e. The third-order valence-electron chi connectivity index (χ3n) is 3.09. The molecular weight excluding hydrogens is 337 g/mol. The number of halogens is 2. The summed E-state index contributed by atoms with van der Waals surface area (Å²) in [7, 11) is 0. The van der Waals surface area contributed by atoms with Gasteiger partial charge in [0.25, 0.3) is 0 Å². The van der Waals surface area contributed by atoms with Crippen LogP contribution in [0.3, 0.4) is 0 Å². The number of nitrogens with zero attached hydrogens (tertiary/aromatic N) is 3. The van der Waals surface area contributed by atoms with Crippen LogP contribution in [0.15, 0.2) is 55.7 Å². The molecule has 0 spiro atoms. The fourth-order valence-corrected chi connectivity index (χ4v) is 2.56. The van der Waals surface area contributed by atoms with Crippen molar-refractivity contribution in [1.82, 2.24) is 5.16 Å². The van der Waals surface area contributed by atoms with Crippen molar-refractivity contribution in [1.29, 1.82) is 0 Å². The number of benzene rings is 1. The molecule has 3 rings (SSSR count). The van der Waals surface area contributed by atoms with Gasteiger partial charge in [-0.1, -0.05) is 34.4 Å². The van der Waals surface area contributed by atoms with Crippen LogP contribution < -0.4 is 0 Å². The van der Waals surface area contributed by atoms with Gasteiger partial charge in [-0.15, -0.1) is 0 Å². The second-order valence-electron chi connectivity index (χ2n) is 4.60. The number of aromatic nitrogens is 1. The zero-order valence-electron chi connectivity index (χ0n) is 12.0. The van der Waals surface area contributed by atoms with Gasteiger partial charge in [-0.25, -0.2) is 0 Å². The summed E-state index contributed by atoms with van der Waals surface area (Å²) in [6.45, 7) is 1.78. The summed E-state index contributed by atoms with van der Waals surface area (Å²) in [5, 5.41) is 12.9. The van der Waals surface area contributed by atoms with Crippen LogP contribution in [0.1, 0.15) is 17.1 Å². The summed E-state index contributed by atoms with van der Waals surface area (Å²) in [6.07, 6.45) is 4.61. The van der Waals surface area contributed by atoms with E-state index in [1.807, 2.05) is 0 Å². The lowest BCUT2D eigenvalue weighted by molar-refractivity contribution is 0.399. The van der Waals surface area contributed by atoms with Gasteiger partial charge in [-0.2, -0.15) is 10.2 Å². The van der Waals surface area contributed by atoms with Crippen molar-refractivity contribution in [2.24, 2.45) is 10.2 Å². The number of aryl methyl sites for hydroxylation is 1. The SMILES string of the molecule is Cc1onc(-c2c(Cl)cccc2Cl)c1/C=N\N=C\c1ccco1. The molecule has 23 heavy (non-hydrogen) atoms. The van der Waals surface area contributed by atoms with Gasteiger partial charge in [0.2, 0.25) is 0 Å². The Morgan fingerprint density at radius 3 is 2.48 bits per heavy atom. The van der Waals surface area contributed by atoms with E-state index in [1.165, 1.54) is 6.21 Å². The molecule has 5 nitrogen and oxygen atoms in total. The highest BCUT2D eigenvalue weighted by molar-refractivity contribution is 6.39. The largest absolute Gasteiger partial charge is 0.463 e. The highest BCUT2D eigenvalue weighted by Gasteiger charge is 2.18. The molecular formula is C16H11Cl2N3O2. The first-order chi connectivity index (χ1) is 11.2. The lowest BCUT2D eigenvalue weighted by Gasteiger charge is -2.03. The number of rotatable bonds is 4. The minimum Gasteiger partial charge on any atom is -0.463 e. The van der Waals surface area contributed by atoms with Crippen LogP contribution >= 0.6 is 23.2 Å². The Kier molecular flexibility index (Phi) is 4.60. The fourth-order valence-electron chi connectivity index (χ4n) is 1.98. The predicted molar refractivity (Wildman–Crippen MR) is 90.6 cm³/mol. The summed E-state index contributed by atoms with van der Waals surface area (Å²) < 4.78 is 10.4. The van der Waals surface area contributed by atoms with E-state index in [1.54, 1.807) is 49.7 Å². The van der Waals surface area contributed by atoms with Gasteiger partial charge in [0.05, 0.1) is 34.3 Å². The topological polar surface area (TPSA) is 63.9 Å². The molecule has 0 atom stereocenters. The van der Waals surface area contributed by atoms with Gasteiger partial charge >= 0.3 is 0 Å². The van der Waals surface area contributed by atoms with E-state index < -0.39 is 0 Å². The van der Waals surface area contributed by atoms with Crippen LogP contribution in [-0.2, 0) is 0 Å². The fraction of sp³-hybridized carbons (Fsp3) is 0.0625. The first-order valence-electron chi connectivity index (χ1n) is 6.67. The van der Waals surface area contributed by atoms with E-state index in [0.717, 1.165) is 0 Å². The molecule has 0 aliphatic carbocycles. The Balaban J connectivity index is 1.93. The average Bonchev–Trinajstić information content (AvgIpc) is 3.15. The number of hydrogen-bond acceptors (Lipinski definition) is 5. The molecule has 116 valence electrons. The van der Waals surface area contributed by atoms with Crippen molar-refractivity contribution < 1.29 is 8.94 Å². The Bertz CT molecular complexity index is 847. The third kappa shape index (κ3) is 3.36. The van der Waals surface area contributed by atoms with E-state index in [9.17, 15) is 0 Å². The Labute approximate surface area is 142 Å². The Morgan fingerprint density at radius 2 is 1.78 bits per heavy atom. The first kappa shape index (κ1) is 15.5. The Hall–Kier alpha value is -2.37. The molecule has 0 bridgehead atoms. The predicted octanol–water partition coefficient (Wildman–Crippen LogP) is 5.00. The van der Waals surface area contributed by atoms with Crippen molar-refractivity contribution in [3.8, 4) is 11.3 Å². The van der Waals surface area contributed by atoms with Crippen molar-refractivity contribution in [2.45, 2.75) is 6.92 Å². The van der Waals surface area contributed by atoms with Crippen molar-refractivity contribution >= 4 is 35.6 Å². The van der Waals surface area contributed by atoms with Crippen LogP contribution in [0.4, 0.5) is 0 Å². The van der Waals surface area contributed by atoms with E-state index in [-0.39, 0.29) is 0 Å². The number of hydrogen-bond donors (Lipinski definition) is 0. The monoisotopic (exact) mass is 347 g/mol. The van der Waals surface area contributed by atoms with Gasteiger partial charge in [-0.05, 0) is 31.2 Å². The summed E-state index contributed by atoms with van der Waals surface area (Å²) in [5.41, 5.74) is 1.79. The molecule has 0 saturated carbocycles. The first-order valence-corrected chi connectivity index (χ1v) is 7.43. The second-order valence-corrected chi connectivity index (χ2v) is 5.42. The summed E-state index contributed by atoms with van der Waals surface area (Å²) >= 11 is 12.4. The zero-order chi connectivity index (χ0) is 16.2. The standard InChI is InChI=1S/C16H11Cl2N3O2/c1-10-12(9-20-19-8-11-4-3-7-22-11)16(21-23-10)15-13(17)5-2-6-14(15)18/h2-9H,1H3/b19-8+,20-9-. The van der Waals surface area contributed by atoms with Crippen LogP contribution in [0, 0.1) is 6.92 Å². The average molecular weight is 348 g/mol. The highest BCUT2D eigenvalue weighted by Crippen LogP contribution is 2.36. The second kappa shape index (κ2) is 6.81. The summed E-state index contributed by atoms with van der Waals surface area (Å²) in [6, 6.07) is 8.79. The maximum absolute atomic E-state index is 6.22. The molecule has 2 heterocycles. The molecule has 0 radical (unpaired) electrons. The van der Waals surface area contributed by atoms with Gasteiger partial charge in [0.15, 0.2) is 0 Å². The normalized spacial score (nSPS) is 11.8. The zero-order valence-corrected chi connectivity index (χ0v) is 13.5. The molecule has 3 aromatic rings. The van der Waals surface area contributed by atoms with Crippen LogP contribution in [0.2, 0.25) is 10.0 Å². The molecule has 0 unspecified atom stereocenters. The lowest BCUT2D eigenvalue weighted by atomic mass is 10.1.